The highest BCUT2D eigenvalue weighted by molar-refractivity contribution is 5.75. The molecule has 3 atom stereocenters. The number of carbonyl (C=O) groups is 2. The van der Waals surface area contributed by atoms with Gasteiger partial charge in [-0.2, -0.15) is 31.4 Å². The van der Waals surface area contributed by atoms with Gasteiger partial charge in [-0.1, -0.05) is 6.92 Å². The molecule has 1 amide bonds. The number of carbonyl (C=O) groups excluding carboxylic acids is 1. The van der Waals surface area contributed by atoms with Crippen LogP contribution in [0, 0.1) is 5.41 Å². The standard InChI is InChI=1S/C29H34F6N6O4/c1-5-22-9-23(15-41(22)26(44)45-16-27(2,3)24(42)43)40(25-36-10-18(11-37-25)19-12-38-39(4)14-19)13-17-6-20(28(30,31)32)8-21(7-17)29(33,34)35/h6-8,10-12,19,22-23H,5,9,13-16H2,1-4H3,(H,42,43)/t19?,22-,23+/m1/s1. The van der Waals surface area contributed by atoms with Crippen molar-refractivity contribution in [3.8, 4) is 0 Å². The van der Waals surface area contributed by atoms with E-state index in [0.717, 1.165) is 0 Å². The van der Waals surface area contributed by atoms with Crippen molar-refractivity contribution < 1.29 is 45.8 Å². The van der Waals surface area contributed by atoms with Crippen LogP contribution in [0.4, 0.5) is 37.1 Å². The maximum atomic E-state index is 13.6. The zero-order chi connectivity index (χ0) is 33.3. The molecule has 10 nitrogen and oxygen atoms in total. The van der Waals surface area contributed by atoms with Crippen LogP contribution in [-0.2, 0) is 28.4 Å². The van der Waals surface area contributed by atoms with E-state index in [0.29, 0.717) is 30.7 Å². The van der Waals surface area contributed by atoms with Crippen molar-refractivity contribution in [3.05, 3.63) is 52.8 Å². The number of likely N-dealkylation sites (N-methyl/N-ethyl adjacent to an activating group) is 1. The molecule has 4 rings (SSSR count). The molecule has 1 fully saturated rings. The largest absolute Gasteiger partial charge is 0.481 e. The minimum absolute atomic E-state index is 0.0128. The Morgan fingerprint density at radius 3 is 2.11 bits per heavy atom. The first-order valence-electron chi connectivity index (χ1n) is 14.2. The van der Waals surface area contributed by atoms with E-state index in [2.05, 4.69) is 15.1 Å². The van der Waals surface area contributed by atoms with E-state index in [9.17, 15) is 41.0 Å². The van der Waals surface area contributed by atoms with Crippen molar-refractivity contribution in [3.63, 3.8) is 0 Å². The molecule has 0 spiro atoms. The number of anilines is 1. The Balaban J connectivity index is 1.68. The zero-order valence-corrected chi connectivity index (χ0v) is 25.1. The van der Waals surface area contributed by atoms with Gasteiger partial charge < -0.3 is 19.6 Å². The number of nitrogens with zero attached hydrogens (tertiary/aromatic N) is 6. The summed E-state index contributed by atoms with van der Waals surface area (Å²) in [7, 11) is 1.79. The molecule has 1 unspecified atom stereocenters. The summed E-state index contributed by atoms with van der Waals surface area (Å²) in [6, 6.07) is 0.360. The number of halogens is 6. The van der Waals surface area contributed by atoms with Crippen LogP contribution in [0.15, 0.2) is 35.7 Å². The van der Waals surface area contributed by atoms with Gasteiger partial charge in [0.15, 0.2) is 0 Å². The number of hydrogen-bond donors (Lipinski definition) is 1. The highest BCUT2D eigenvalue weighted by Crippen LogP contribution is 2.37. The Kier molecular flexibility index (Phi) is 9.54. The van der Waals surface area contributed by atoms with Crippen LogP contribution in [0.2, 0.25) is 0 Å². The molecule has 2 aromatic rings. The molecular formula is C29H34F6N6O4. The van der Waals surface area contributed by atoms with Crippen LogP contribution < -0.4 is 4.90 Å². The minimum atomic E-state index is -5.03. The van der Waals surface area contributed by atoms with Crippen molar-refractivity contribution in [1.29, 1.82) is 0 Å². The van der Waals surface area contributed by atoms with Crippen LogP contribution in [0.5, 0.6) is 0 Å². The van der Waals surface area contributed by atoms with Crippen molar-refractivity contribution >= 4 is 24.2 Å². The Morgan fingerprint density at radius 1 is 1.02 bits per heavy atom. The molecule has 1 aromatic carbocycles. The first kappa shape index (κ1) is 33.8. The topological polar surface area (TPSA) is 111 Å². The number of carboxylic acids is 1. The third-order valence-corrected chi connectivity index (χ3v) is 7.92. The fourth-order valence-corrected chi connectivity index (χ4v) is 5.22. The molecule has 16 heteroatoms. The summed E-state index contributed by atoms with van der Waals surface area (Å²) in [6.45, 7) is 4.35. The van der Waals surface area contributed by atoms with E-state index >= 15 is 0 Å². The number of rotatable bonds is 9. The van der Waals surface area contributed by atoms with Gasteiger partial charge in [0.05, 0.1) is 22.6 Å². The predicted molar refractivity (Wildman–Crippen MR) is 150 cm³/mol. The molecule has 0 aliphatic carbocycles. The molecule has 45 heavy (non-hydrogen) atoms. The smallest absolute Gasteiger partial charge is 0.416 e. The molecule has 0 bridgehead atoms. The number of aromatic nitrogens is 2. The monoisotopic (exact) mass is 644 g/mol. The second-order valence-electron chi connectivity index (χ2n) is 11.9. The van der Waals surface area contributed by atoms with Gasteiger partial charge >= 0.3 is 24.4 Å². The Labute approximate surface area is 255 Å². The van der Waals surface area contributed by atoms with Crippen LogP contribution in [0.3, 0.4) is 0 Å². The average molecular weight is 645 g/mol. The number of ether oxygens (including phenoxy) is 1. The van der Waals surface area contributed by atoms with Gasteiger partial charge in [0.25, 0.3) is 0 Å². The summed E-state index contributed by atoms with van der Waals surface area (Å²) in [4.78, 5) is 36.3. The maximum absolute atomic E-state index is 13.6. The van der Waals surface area contributed by atoms with Gasteiger partial charge in [-0.05, 0) is 56.0 Å². The lowest BCUT2D eigenvalue weighted by Gasteiger charge is -2.30. The van der Waals surface area contributed by atoms with Gasteiger partial charge in [0, 0.05) is 57.2 Å². The summed E-state index contributed by atoms with van der Waals surface area (Å²) in [5.74, 6) is -1.22. The summed E-state index contributed by atoms with van der Waals surface area (Å²) >= 11 is 0. The number of alkyl halides is 6. The number of benzene rings is 1. The van der Waals surface area contributed by atoms with E-state index in [1.165, 1.54) is 36.0 Å². The van der Waals surface area contributed by atoms with Gasteiger partial charge in [0.2, 0.25) is 5.95 Å². The molecular weight excluding hydrogens is 610 g/mol. The molecule has 0 radical (unpaired) electrons. The number of hydrazone groups is 1. The number of carboxylic acid groups (broad SMARTS) is 1. The van der Waals surface area contributed by atoms with Gasteiger partial charge in [-0.3, -0.25) is 9.80 Å². The lowest BCUT2D eigenvalue weighted by atomic mass is 9.95. The maximum Gasteiger partial charge on any atom is 0.416 e. The predicted octanol–water partition coefficient (Wildman–Crippen LogP) is 5.64. The summed E-state index contributed by atoms with van der Waals surface area (Å²) < 4.78 is 87.2. The van der Waals surface area contributed by atoms with E-state index in [1.54, 1.807) is 18.3 Å². The lowest BCUT2D eigenvalue weighted by molar-refractivity contribution is -0.149. The van der Waals surface area contributed by atoms with Gasteiger partial charge in [-0.15, -0.1) is 0 Å². The van der Waals surface area contributed by atoms with E-state index in [4.69, 9.17) is 4.74 Å². The van der Waals surface area contributed by atoms with E-state index in [-0.39, 0.29) is 36.5 Å². The third kappa shape index (κ3) is 7.95. The van der Waals surface area contributed by atoms with Crippen molar-refractivity contribution in [2.45, 2.75) is 70.5 Å². The number of amides is 1. The molecule has 2 aliphatic heterocycles. The fourth-order valence-electron chi connectivity index (χ4n) is 5.22. The molecule has 0 saturated carbocycles. The molecule has 246 valence electrons. The molecule has 1 saturated heterocycles. The molecule has 1 aromatic heterocycles. The summed E-state index contributed by atoms with van der Waals surface area (Å²) in [5, 5.41) is 15.3. The zero-order valence-electron chi connectivity index (χ0n) is 25.1. The molecule has 3 heterocycles. The SMILES string of the molecule is CC[C@@H]1C[C@H](N(Cc2cc(C(F)(F)F)cc(C(F)(F)F)c2)c2ncc(C3C=NN(C)C3)cn2)CN1C(=O)OCC(C)(C)C(=O)O. The lowest BCUT2D eigenvalue weighted by Crippen LogP contribution is -2.41. The minimum Gasteiger partial charge on any atom is -0.481 e. The number of likely N-dealkylation sites (tertiary alicyclic amines) is 1. The van der Waals surface area contributed by atoms with Crippen LogP contribution >= 0.6 is 0 Å². The van der Waals surface area contributed by atoms with Crippen LogP contribution in [0.1, 0.15) is 61.8 Å². The van der Waals surface area contributed by atoms with Gasteiger partial charge in [0.1, 0.15) is 6.61 Å². The van der Waals surface area contributed by atoms with Crippen molar-refractivity contribution in [2.75, 3.05) is 31.6 Å². The highest BCUT2D eigenvalue weighted by atomic mass is 19.4. The molecule has 1 N–H and O–H groups in total. The normalized spacial score (nSPS) is 20.5. The quantitative estimate of drug-likeness (QED) is 0.350. The van der Waals surface area contributed by atoms with Crippen molar-refractivity contribution in [2.24, 2.45) is 10.5 Å². The Hall–Kier alpha value is -4.11. The Morgan fingerprint density at radius 2 is 1.62 bits per heavy atom. The van der Waals surface area contributed by atoms with Gasteiger partial charge in [-0.25, -0.2) is 14.8 Å². The van der Waals surface area contributed by atoms with E-state index < -0.39 is 66.2 Å². The number of aliphatic carboxylic acids is 1. The average Bonchev–Trinajstić information content (AvgIpc) is 3.60. The summed E-state index contributed by atoms with van der Waals surface area (Å²) in [6.07, 6.45) is -5.31. The second-order valence-corrected chi connectivity index (χ2v) is 11.9. The number of hydrogen-bond acceptors (Lipinski definition) is 8. The first-order chi connectivity index (χ1) is 20.9. The second kappa shape index (κ2) is 12.7. The van der Waals surface area contributed by atoms with Crippen LogP contribution in [0.25, 0.3) is 0 Å². The third-order valence-electron chi connectivity index (χ3n) is 7.92. The Bertz CT molecular complexity index is 1380. The fraction of sp³-hybridized carbons (Fsp3) is 0.552. The summed E-state index contributed by atoms with van der Waals surface area (Å²) in [5.41, 5.74) is -3.80. The van der Waals surface area contributed by atoms with Crippen molar-refractivity contribution in [1.82, 2.24) is 19.9 Å². The van der Waals surface area contributed by atoms with E-state index in [1.807, 2.05) is 6.92 Å². The van der Waals surface area contributed by atoms with Crippen LogP contribution in [-0.4, -0.2) is 82.1 Å². The highest BCUT2D eigenvalue weighted by Gasteiger charge is 2.41. The molecule has 2 aliphatic rings. The first-order valence-corrected chi connectivity index (χ1v) is 14.2.